The largest absolute Gasteiger partial charge is 0.481 e. The van der Waals surface area contributed by atoms with Gasteiger partial charge in [0.2, 0.25) is 0 Å². The third-order valence-corrected chi connectivity index (χ3v) is 5.99. The first-order valence-electron chi connectivity index (χ1n) is 6.67. The maximum absolute atomic E-state index is 10.7. The highest BCUT2D eigenvalue weighted by Gasteiger charge is 2.20. The quantitative estimate of drug-likeness (QED) is 0.644. The molecule has 0 atom stereocenters. The summed E-state index contributed by atoms with van der Waals surface area (Å²) in [6.07, 6.45) is 0. The number of aromatic nitrogens is 3. The minimum Gasteiger partial charge on any atom is -0.481 e. The zero-order valence-corrected chi connectivity index (χ0v) is 15.1. The highest BCUT2D eigenvalue weighted by molar-refractivity contribution is 7.99. The van der Waals surface area contributed by atoms with Crippen LogP contribution in [0.3, 0.4) is 0 Å². The molecule has 5 nitrogen and oxygen atoms in total. The molecular formula is C14H11Cl2N3O2S2. The van der Waals surface area contributed by atoms with E-state index in [1.165, 1.54) is 11.3 Å². The SMILES string of the molecule is CCn1c(SCC(=O)O)nnc1-c1sc2cc(Cl)ccc2c1Cl. The van der Waals surface area contributed by atoms with Gasteiger partial charge in [0.15, 0.2) is 11.0 Å². The second-order valence-electron chi connectivity index (χ2n) is 4.62. The van der Waals surface area contributed by atoms with E-state index in [0.29, 0.717) is 27.6 Å². The van der Waals surface area contributed by atoms with Crippen LogP contribution in [-0.2, 0) is 11.3 Å². The zero-order valence-electron chi connectivity index (χ0n) is 11.9. The van der Waals surface area contributed by atoms with E-state index in [0.717, 1.165) is 26.7 Å². The van der Waals surface area contributed by atoms with Crippen molar-refractivity contribution in [1.29, 1.82) is 0 Å². The summed E-state index contributed by atoms with van der Waals surface area (Å²) in [6.45, 7) is 2.57. The topological polar surface area (TPSA) is 68.0 Å². The van der Waals surface area contributed by atoms with Crippen molar-refractivity contribution in [2.75, 3.05) is 5.75 Å². The van der Waals surface area contributed by atoms with Crippen LogP contribution >= 0.6 is 46.3 Å². The van der Waals surface area contributed by atoms with Crippen LogP contribution in [0.15, 0.2) is 23.4 Å². The Bertz CT molecular complexity index is 892. The lowest BCUT2D eigenvalue weighted by Crippen LogP contribution is -2.03. The van der Waals surface area contributed by atoms with E-state index in [1.807, 2.05) is 23.6 Å². The highest BCUT2D eigenvalue weighted by Crippen LogP contribution is 2.42. The molecule has 3 rings (SSSR count). The predicted octanol–water partition coefficient (Wildman–Crippen LogP) is 4.66. The molecule has 2 heterocycles. The molecule has 3 aromatic rings. The molecule has 0 spiro atoms. The van der Waals surface area contributed by atoms with Gasteiger partial charge >= 0.3 is 5.97 Å². The molecule has 0 unspecified atom stereocenters. The number of thiophene rings is 1. The molecule has 120 valence electrons. The third-order valence-electron chi connectivity index (χ3n) is 3.15. The molecule has 9 heteroatoms. The molecule has 0 saturated carbocycles. The van der Waals surface area contributed by atoms with Gasteiger partial charge in [-0.25, -0.2) is 0 Å². The number of aliphatic carboxylic acids is 1. The van der Waals surface area contributed by atoms with E-state index >= 15 is 0 Å². The summed E-state index contributed by atoms with van der Waals surface area (Å²) in [5.74, 6) is -0.312. The van der Waals surface area contributed by atoms with Gasteiger partial charge in [0.25, 0.3) is 0 Å². The molecule has 0 amide bonds. The van der Waals surface area contributed by atoms with Gasteiger partial charge in [-0.15, -0.1) is 21.5 Å². The number of benzene rings is 1. The van der Waals surface area contributed by atoms with Crippen LogP contribution in [0.4, 0.5) is 0 Å². The van der Waals surface area contributed by atoms with Crippen molar-refractivity contribution >= 4 is 62.4 Å². The van der Waals surface area contributed by atoms with Crippen molar-refractivity contribution in [3.05, 3.63) is 28.2 Å². The summed E-state index contributed by atoms with van der Waals surface area (Å²) in [6, 6.07) is 5.54. The minimum absolute atomic E-state index is 0.0616. The van der Waals surface area contributed by atoms with Gasteiger partial charge in [0.05, 0.1) is 15.7 Å². The number of fused-ring (bicyclic) bond motifs is 1. The lowest BCUT2D eigenvalue weighted by molar-refractivity contribution is -0.133. The number of thioether (sulfide) groups is 1. The van der Waals surface area contributed by atoms with Crippen molar-refractivity contribution in [2.24, 2.45) is 0 Å². The fraction of sp³-hybridized carbons (Fsp3) is 0.214. The summed E-state index contributed by atoms with van der Waals surface area (Å²) in [4.78, 5) is 11.5. The third kappa shape index (κ3) is 3.19. The first kappa shape index (κ1) is 16.6. The van der Waals surface area contributed by atoms with E-state index in [2.05, 4.69) is 10.2 Å². The first-order chi connectivity index (χ1) is 11.0. The number of rotatable bonds is 5. The first-order valence-corrected chi connectivity index (χ1v) is 9.22. The summed E-state index contributed by atoms with van der Waals surface area (Å²) >= 11 is 15.2. The highest BCUT2D eigenvalue weighted by atomic mass is 35.5. The molecular weight excluding hydrogens is 377 g/mol. The van der Waals surface area contributed by atoms with Gasteiger partial charge < -0.3 is 9.67 Å². The number of carbonyl (C=O) groups is 1. The fourth-order valence-corrected chi connectivity index (χ4v) is 4.67. The van der Waals surface area contributed by atoms with E-state index in [-0.39, 0.29) is 5.75 Å². The number of hydrogen-bond acceptors (Lipinski definition) is 5. The Balaban J connectivity index is 2.08. The summed E-state index contributed by atoms with van der Waals surface area (Å²) < 4.78 is 2.84. The maximum atomic E-state index is 10.7. The van der Waals surface area contributed by atoms with E-state index in [1.54, 1.807) is 6.07 Å². The number of halogens is 2. The molecule has 0 radical (unpaired) electrons. The Hall–Kier alpha value is -1.28. The zero-order chi connectivity index (χ0) is 16.6. The molecule has 0 aliphatic rings. The minimum atomic E-state index is -0.892. The Morgan fingerprint density at radius 3 is 2.87 bits per heavy atom. The van der Waals surface area contributed by atoms with Crippen LogP contribution in [0, 0.1) is 0 Å². The number of carboxylic acids is 1. The molecule has 1 aromatic carbocycles. The van der Waals surface area contributed by atoms with E-state index in [9.17, 15) is 4.79 Å². The van der Waals surface area contributed by atoms with Gasteiger partial charge in [-0.05, 0) is 19.1 Å². The average molecular weight is 388 g/mol. The Morgan fingerprint density at radius 2 is 2.17 bits per heavy atom. The Labute approximate surface area is 150 Å². The van der Waals surface area contributed by atoms with Crippen molar-refractivity contribution in [2.45, 2.75) is 18.6 Å². The average Bonchev–Trinajstić information content (AvgIpc) is 3.05. The second kappa shape index (κ2) is 6.68. The predicted molar refractivity (Wildman–Crippen MR) is 94.9 cm³/mol. The summed E-state index contributed by atoms with van der Waals surface area (Å²) in [5, 5.41) is 19.9. The van der Waals surface area contributed by atoms with Crippen LogP contribution in [0.5, 0.6) is 0 Å². The van der Waals surface area contributed by atoms with Gasteiger partial charge in [-0.3, -0.25) is 4.79 Å². The standard InChI is InChI=1S/C14H11Cl2N3O2S2/c1-2-19-13(17-18-14(19)22-6-10(20)21)12-11(16)8-4-3-7(15)5-9(8)23-12/h3-5H,2,6H2,1H3,(H,20,21). The van der Waals surface area contributed by atoms with Gasteiger partial charge in [0, 0.05) is 21.7 Å². The van der Waals surface area contributed by atoms with Crippen LogP contribution < -0.4 is 0 Å². The van der Waals surface area contributed by atoms with Gasteiger partial charge in [-0.1, -0.05) is 41.0 Å². The Kier molecular flexibility index (Phi) is 4.82. The van der Waals surface area contributed by atoms with Crippen LogP contribution in [0.25, 0.3) is 20.8 Å². The normalized spacial score (nSPS) is 11.3. The van der Waals surface area contributed by atoms with Crippen LogP contribution in [0.2, 0.25) is 10.0 Å². The molecule has 0 aliphatic heterocycles. The van der Waals surface area contributed by atoms with E-state index in [4.69, 9.17) is 28.3 Å². The second-order valence-corrected chi connectivity index (χ2v) is 7.43. The Morgan fingerprint density at radius 1 is 1.39 bits per heavy atom. The molecule has 0 aliphatic carbocycles. The van der Waals surface area contributed by atoms with Crippen molar-refractivity contribution in [3.8, 4) is 10.7 Å². The smallest absolute Gasteiger partial charge is 0.313 e. The van der Waals surface area contributed by atoms with E-state index < -0.39 is 5.97 Å². The van der Waals surface area contributed by atoms with Crippen LogP contribution in [-0.4, -0.2) is 31.6 Å². The molecule has 0 fully saturated rings. The van der Waals surface area contributed by atoms with Crippen molar-refractivity contribution in [3.63, 3.8) is 0 Å². The summed E-state index contributed by atoms with van der Waals surface area (Å²) in [5.41, 5.74) is 0. The van der Waals surface area contributed by atoms with Gasteiger partial charge in [-0.2, -0.15) is 0 Å². The molecule has 23 heavy (non-hydrogen) atoms. The number of hydrogen-bond donors (Lipinski definition) is 1. The maximum Gasteiger partial charge on any atom is 0.313 e. The molecule has 1 N–H and O–H groups in total. The molecule has 0 saturated heterocycles. The monoisotopic (exact) mass is 387 g/mol. The van der Waals surface area contributed by atoms with Gasteiger partial charge in [0.1, 0.15) is 0 Å². The fourth-order valence-electron chi connectivity index (χ4n) is 2.16. The van der Waals surface area contributed by atoms with Crippen molar-refractivity contribution in [1.82, 2.24) is 14.8 Å². The number of nitrogens with zero attached hydrogens (tertiary/aromatic N) is 3. The van der Waals surface area contributed by atoms with Crippen molar-refractivity contribution < 1.29 is 9.90 Å². The molecule has 2 aromatic heterocycles. The molecule has 0 bridgehead atoms. The van der Waals surface area contributed by atoms with Crippen LogP contribution in [0.1, 0.15) is 6.92 Å². The lowest BCUT2D eigenvalue weighted by atomic mass is 10.2. The summed E-state index contributed by atoms with van der Waals surface area (Å²) in [7, 11) is 0. The lowest BCUT2D eigenvalue weighted by Gasteiger charge is -2.05. The number of carboxylic acid groups (broad SMARTS) is 1.